The standard InChI is InChI=1S/C21H22N2OS3/c1-4-22(5-2)16-11-9-15(10-12-16)13-19-20(24)23(21(25)27-19)17-7-6-8-18(14-17)26-3/h6-14H,4-5H2,1-3H3/b19-13+. The van der Waals surface area contributed by atoms with Crippen molar-refractivity contribution in [3.63, 3.8) is 0 Å². The lowest BCUT2D eigenvalue weighted by Crippen LogP contribution is -2.27. The molecule has 0 radical (unpaired) electrons. The lowest BCUT2D eigenvalue weighted by molar-refractivity contribution is -0.113. The zero-order valence-corrected chi connectivity index (χ0v) is 18.1. The van der Waals surface area contributed by atoms with Gasteiger partial charge in [-0.05, 0) is 62.1 Å². The second-order valence-electron chi connectivity index (χ2n) is 5.98. The van der Waals surface area contributed by atoms with E-state index in [-0.39, 0.29) is 5.91 Å². The van der Waals surface area contributed by atoms with Crippen LogP contribution in [0, 0.1) is 0 Å². The number of rotatable bonds is 6. The molecule has 1 saturated heterocycles. The molecule has 2 aromatic rings. The third-order valence-electron chi connectivity index (χ3n) is 4.42. The Balaban J connectivity index is 1.83. The highest BCUT2D eigenvalue weighted by molar-refractivity contribution is 8.27. The second-order valence-corrected chi connectivity index (χ2v) is 8.54. The first-order valence-corrected chi connectivity index (χ1v) is 11.3. The third-order valence-corrected chi connectivity index (χ3v) is 6.45. The Hall–Kier alpha value is -1.76. The van der Waals surface area contributed by atoms with Crippen LogP contribution in [0.3, 0.4) is 0 Å². The lowest BCUT2D eigenvalue weighted by Gasteiger charge is -2.20. The number of benzene rings is 2. The summed E-state index contributed by atoms with van der Waals surface area (Å²) in [4.78, 5) is 18.6. The molecule has 0 atom stereocenters. The van der Waals surface area contributed by atoms with Gasteiger partial charge >= 0.3 is 0 Å². The largest absolute Gasteiger partial charge is 0.372 e. The van der Waals surface area contributed by atoms with Crippen LogP contribution in [0.25, 0.3) is 6.08 Å². The predicted octanol–water partition coefficient (Wildman–Crippen LogP) is 5.66. The molecule has 0 spiro atoms. The van der Waals surface area contributed by atoms with Crippen LogP contribution in [0.15, 0.2) is 58.3 Å². The minimum Gasteiger partial charge on any atom is -0.372 e. The number of amides is 1. The Morgan fingerprint density at radius 3 is 2.48 bits per heavy atom. The highest BCUT2D eigenvalue weighted by Gasteiger charge is 2.33. The molecule has 0 N–H and O–H groups in total. The van der Waals surface area contributed by atoms with E-state index in [0.29, 0.717) is 9.23 Å². The zero-order chi connectivity index (χ0) is 19.4. The van der Waals surface area contributed by atoms with Crippen LogP contribution >= 0.6 is 35.7 Å². The van der Waals surface area contributed by atoms with Crippen molar-refractivity contribution in [3.8, 4) is 0 Å². The van der Waals surface area contributed by atoms with Crippen molar-refractivity contribution in [1.29, 1.82) is 0 Å². The fourth-order valence-corrected chi connectivity index (χ4v) is 4.71. The van der Waals surface area contributed by atoms with Crippen molar-refractivity contribution in [2.75, 3.05) is 29.1 Å². The molecule has 1 aliphatic rings. The number of nitrogens with zero attached hydrogens (tertiary/aromatic N) is 2. The molecule has 1 aliphatic heterocycles. The molecule has 0 bridgehead atoms. The van der Waals surface area contributed by atoms with Gasteiger partial charge in [-0.1, -0.05) is 42.2 Å². The molecule has 6 heteroatoms. The van der Waals surface area contributed by atoms with Crippen molar-refractivity contribution in [2.45, 2.75) is 18.7 Å². The summed E-state index contributed by atoms with van der Waals surface area (Å²) in [6.45, 7) is 6.25. The van der Waals surface area contributed by atoms with Gasteiger partial charge < -0.3 is 4.90 Å². The normalized spacial score (nSPS) is 15.7. The number of carbonyl (C=O) groups excluding carboxylic acids is 1. The predicted molar refractivity (Wildman–Crippen MR) is 124 cm³/mol. The molecule has 0 aromatic heterocycles. The average molecular weight is 415 g/mol. The van der Waals surface area contributed by atoms with Crippen LogP contribution < -0.4 is 9.80 Å². The molecule has 0 saturated carbocycles. The van der Waals surface area contributed by atoms with Gasteiger partial charge in [-0.2, -0.15) is 0 Å². The summed E-state index contributed by atoms with van der Waals surface area (Å²) in [6, 6.07) is 16.2. The molecule has 140 valence electrons. The fourth-order valence-electron chi connectivity index (χ4n) is 2.96. The Morgan fingerprint density at radius 2 is 1.85 bits per heavy atom. The molecular formula is C21H22N2OS3. The van der Waals surface area contributed by atoms with Gasteiger partial charge in [0.1, 0.15) is 0 Å². The Kier molecular flexibility index (Phi) is 6.63. The zero-order valence-electron chi connectivity index (χ0n) is 15.6. The van der Waals surface area contributed by atoms with Crippen molar-refractivity contribution in [3.05, 3.63) is 59.0 Å². The summed E-state index contributed by atoms with van der Waals surface area (Å²) in [5.74, 6) is -0.0592. The van der Waals surface area contributed by atoms with E-state index in [9.17, 15) is 4.79 Å². The van der Waals surface area contributed by atoms with Crippen LogP contribution in [-0.2, 0) is 4.79 Å². The molecule has 0 unspecified atom stereocenters. The Bertz CT molecular complexity index is 873. The van der Waals surface area contributed by atoms with Gasteiger partial charge in [0.05, 0.1) is 10.6 Å². The minimum absolute atomic E-state index is 0.0592. The third kappa shape index (κ3) is 4.39. The van der Waals surface area contributed by atoms with E-state index < -0.39 is 0 Å². The number of thiocarbonyl (C=S) groups is 1. The van der Waals surface area contributed by atoms with Crippen LogP contribution in [0.1, 0.15) is 19.4 Å². The van der Waals surface area contributed by atoms with E-state index in [1.165, 1.54) is 17.4 Å². The van der Waals surface area contributed by atoms with Crippen LogP contribution in [-0.4, -0.2) is 29.6 Å². The van der Waals surface area contributed by atoms with E-state index in [2.05, 4.69) is 43.0 Å². The number of carbonyl (C=O) groups is 1. The molecule has 27 heavy (non-hydrogen) atoms. The van der Waals surface area contributed by atoms with Gasteiger partial charge in [-0.25, -0.2) is 0 Å². The molecule has 2 aromatic carbocycles. The summed E-state index contributed by atoms with van der Waals surface area (Å²) in [6.07, 6.45) is 3.94. The topological polar surface area (TPSA) is 23.6 Å². The van der Waals surface area contributed by atoms with Crippen LogP contribution in [0.4, 0.5) is 11.4 Å². The van der Waals surface area contributed by atoms with Crippen LogP contribution in [0.5, 0.6) is 0 Å². The van der Waals surface area contributed by atoms with Gasteiger partial charge in [-0.3, -0.25) is 9.69 Å². The fraction of sp³-hybridized carbons (Fsp3) is 0.238. The molecule has 1 fully saturated rings. The van der Waals surface area contributed by atoms with E-state index >= 15 is 0 Å². The van der Waals surface area contributed by atoms with E-state index in [4.69, 9.17) is 12.2 Å². The van der Waals surface area contributed by atoms with Crippen molar-refractivity contribution in [2.24, 2.45) is 0 Å². The number of hydrogen-bond acceptors (Lipinski definition) is 5. The maximum atomic E-state index is 12.9. The summed E-state index contributed by atoms with van der Waals surface area (Å²) < 4.78 is 0.573. The maximum Gasteiger partial charge on any atom is 0.270 e. The molecular weight excluding hydrogens is 392 g/mol. The molecule has 1 amide bonds. The number of anilines is 2. The first-order valence-electron chi connectivity index (χ1n) is 8.84. The summed E-state index contributed by atoms with van der Waals surface area (Å²) in [5.41, 5.74) is 3.02. The summed E-state index contributed by atoms with van der Waals surface area (Å²) >= 11 is 8.48. The molecule has 3 nitrogen and oxygen atoms in total. The highest BCUT2D eigenvalue weighted by atomic mass is 32.2. The molecule has 0 aliphatic carbocycles. The monoisotopic (exact) mass is 414 g/mol. The Labute approximate surface area is 174 Å². The number of hydrogen-bond donors (Lipinski definition) is 0. The number of thioether (sulfide) groups is 2. The molecule has 3 rings (SSSR count). The van der Waals surface area contributed by atoms with Crippen molar-refractivity contribution >= 4 is 63.4 Å². The quantitative estimate of drug-likeness (QED) is 0.345. The minimum atomic E-state index is -0.0592. The van der Waals surface area contributed by atoms with Crippen LogP contribution in [0.2, 0.25) is 0 Å². The van der Waals surface area contributed by atoms with Crippen molar-refractivity contribution < 1.29 is 4.79 Å². The van der Waals surface area contributed by atoms with Crippen molar-refractivity contribution in [1.82, 2.24) is 0 Å². The first kappa shape index (κ1) is 20.0. The SMILES string of the molecule is CCN(CC)c1ccc(/C=C2/SC(=S)N(c3cccc(SC)c3)C2=O)cc1. The van der Waals surface area contributed by atoms with E-state index in [0.717, 1.165) is 29.2 Å². The Morgan fingerprint density at radius 1 is 1.15 bits per heavy atom. The highest BCUT2D eigenvalue weighted by Crippen LogP contribution is 2.37. The maximum absolute atomic E-state index is 12.9. The average Bonchev–Trinajstić information content (AvgIpc) is 2.97. The van der Waals surface area contributed by atoms with Gasteiger partial charge in [0.2, 0.25) is 0 Å². The summed E-state index contributed by atoms with van der Waals surface area (Å²) in [5, 5.41) is 0. The second kappa shape index (κ2) is 8.95. The van der Waals surface area contributed by atoms with E-state index in [1.807, 2.05) is 36.6 Å². The molecule has 1 heterocycles. The van der Waals surface area contributed by atoms with Gasteiger partial charge in [0, 0.05) is 23.7 Å². The first-order chi connectivity index (χ1) is 13.1. The van der Waals surface area contributed by atoms with Gasteiger partial charge in [0.25, 0.3) is 5.91 Å². The van der Waals surface area contributed by atoms with Gasteiger partial charge in [-0.15, -0.1) is 11.8 Å². The smallest absolute Gasteiger partial charge is 0.270 e. The van der Waals surface area contributed by atoms with E-state index in [1.54, 1.807) is 16.7 Å². The summed E-state index contributed by atoms with van der Waals surface area (Å²) in [7, 11) is 0. The lowest BCUT2D eigenvalue weighted by atomic mass is 10.1. The van der Waals surface area contributed by atoms with Gasteiger partial charge in [0.15, 0.2) is 4.32 Å².